The van der Waals surface area contributed by atoms with Crippen molar-refractivity contribution in [3.8, 4) is 11.8 Å². The second-order valence-corrected chi connectivity index (χ2v) is 5.33. The maximum Gasteiger partial charge on any atom is 0.224 e. The molecule has 3 nitrogen and oxygen atoms in total. The van der Waals surface area contributed by atoms with Gasteiger partial charge in [0.05, 0.1) is 0 Å². The molecule has 0 aromatic heterocycles. The number of carbonyl (C=O) groups is 1. The minimum Gasteiger partial charge on any atom is -0.384 e. The van der Waals surface area contributed by atoms with Crippen LogP contribution in [0, 0.1) is 17.3 Å². The summed E-state index contributed by atoms with van der Waals surface area (Å²) >= 11 is 0. The molecule has 3 heteroatoms. The lowest BCUT2D eigenvalue weighted by Crippen LogP contribution is -2.19. The van der Waals surface area contributed by atoms with Crippen molar-refractivity contribution < 1.29 is 9.90 Å². The summed E-state index contributed by atoms with van der Waals surface area (Å²) in [5.41, 5.74) is 1.48. The van der Waals surface area contributed by atoms with Gasteiger partial charge in [0, 0.05) is 17.7 Å². The molecule has 0 fully saturated rings. The van der Waals surface area contributed by atoms with Gasteiger partial charge in [0.25, 0.3) is 0 Å². The largest absolute Gasteiger partial charge is 0.384 e. The molecule has 0 radical (unpaired) electrons. The fourth-order valence-electron chi connectivity index (χ4n) is 1.50. The van der Waals surface area contributed by atoms with Crippen LogP contribution in [0.25, 0.3) is 0 Å². The van der Waals surface area contributed by atoms with Crippen molar-refractivity contribution in [2.75, 3.05) is 11.9 Å². The standard InChI is InChI=1S/C15H19NO2/c1-15(2,3)11-14(18)16-13-8-4-6-12(10-13)7-5-9-17/h4,6,8,10,17H,9,11H2,1-3H3,(H,16,18). The highest BCUT2D eigenvalue weighted by Gasteiger charge is 2.15. The first-order valence-corrected chi connectivity index (χ1v) is 5.90. The lowest BCUT2D eigenvalue weighted by Gasteiger charge is -2.17. The van der Waals surface area contributed by atoms with Crippen molar-refractivity contribution in [1.29, 1.82) is 0 Å². The van der Waals surface area contributed by atoms with Crippen molar-refractivity contribution >= 4 is 11.6 Å². The van der Waals surface area contributed by atoms with Gasteiger partial charge in [-0.25, -0.2) is 0 Å². The van der Waals surface area contributed by atoms with E-state index in [2.05, 4.69) is 17.2 Å². The fourth-order valence-corrected chi connectivity index (χ4v) is 1.50. The van der Waals surface area contributed by atoms with Crippen molar-refractivity contribution in [3.05, 3.63) is 29.8 Å². The molecule has 0 unspecified atom stereocenters. The average molecular weight is 245 g/mol. The normalized spacial score (nSPS) is 10.4. The summed E-state index contributed by atoms with van der Waals surface area (Å²) < 4.78 is 0. The molecular formula is C15H19NO2. The molecule has 1 aromatic rings. The molecule has 1 rings (SSSR count). The lowest BCUT2D eigenvalue weighted by atomic mass is 9.92. The number of rotatable bonds is 2. The van der Waals surface area contributed by atoms with Gasteiger partial charge >= 0.3 is 0 Å². The second-order valence-electron chi connectivity index (χ2n) is 5.33. The Kier molecular flexibility index (Phi) is 4.94. The van der Waals surface area contributed by atoms with Crippen LogP contribution < -0.4 is 5.32 Å². The number of benzene rings is 1. The molecule has 18 heavy (non-hydrogen) atoms. The number of aliphatic hydroxyl groups is 1. The highest BCUT2D eigenvalue weighted by atomic mass is 16.2. The molecule has 0 heterocycles. The summed E-state index contributed by atoms with van der Waals surface area (Å²) in [7, 11) is 0. The SMILES string of the molecule is CC(C)(C)CC(=O)Nc1cccc(C#CCO)c1. The van der Waals surface area contributed by atoms with Crippen LogP contribution >= 0.6 is 0 Å². The summed E-state index contributed by atoms with van der Waals surface area (Å²) in [6.45, 7) is 5.90. The van der Waals surface area contributed by atoms with Gasteiger partial charge in [-0.15, -0.1) is 0 Å². The van der Waals surface area contributed by atoms with Gasteiger partial charge in [0.2, 0.25) is 5.91 Å². The maximum absolute atomic E-state index is 11.8. The highest BCUT2D eigenvalue weighted by molar-refractivity contribution is 5.91. The number of nitrogens with one attached hydrogen (secondary N) is 1. The van der Waals surface area contributed by atoms with Gasteiger partial charge < -0.3 is 10.4 Å². The molecule has 0 aliphatic carbocycles. The monoisotopic (exact) mass is 245 g/mol. The Balaban J connectivity index is 2.70. The van der Waals surface area contributed by atoms with Crippen molar-refractivity contribution in [3.63, 3.8) is 0 Å². The van der Waals surface area contributed by atoms with Crippen LogP contribution in [-0.2, 0) is 4.79 Å². The highest BCUT2D eigenvalue weighted by Crippen LogP contribution is 2.19. The Labute approximate surface area is 108 Å². The fraction of sp³-hybridized carbons (Fsp3) is 0.400. The van der Waals surface area contributed by atoms with Crippen LogP contribution in [0.2, 0.25) is 0 Å². The molecule has 0 spiro atoms. The van der Waals surface area contributed by atoms with Crippen LogP contribution in [0.5, 0.6) is 0 Å². The Hall–Kier alpha value is -1.79. The third kappa shape index (κ3) is 5.51. The third-order valence-electron chi connectivity index (χ3n) is 2.15. The number of aliphatic hydroxyl groups excluding tert-OH is 1. The Bertz CT molecular complexity index is 475. The van der Waals surface area contributed by atoms with E-state index in [-0.39, 0.29) is 17.9 Å². The van der Waals surface area contributed by atoms with Gasteiger partial charge in [-0.2, -0.15) is 0 Å². The van der Waals surface area contributed by atoms with E-state index < -0.39 is 0 Å². The van der Waals surface area contributed by atoms with Crippen molar-refractivity contribution in [1.82, 2.24) is 0 Å². The maximum atomic E-state index is 11.8. The zero-order chi connectivity index (χ0) is 13.6. The molecule has 96 valence electrons. The van der Waals surface area contributed by atoms with Crippen molar-refractivity contribution in [2.24, 2.45) is 5.41 Å². The van der Waals surface area contributed by atoms with Gasteiger partial charge in [0.15, 0.2) is 0 Å². The van der Waals surface area contributed by atoms with Crippen LogP contribution in [0.4, 0.5) is 5.69 Å². The minimum absolute atomic E-state index is 0.00485. The average Bonchev–Trinajstić information content (AvgIpc) is 2.24. The van der Waals surface area contributed by atoms with E-state index in [1.165, 1.54) is 0 Å². The van der Waals surface area contributed by atoms with Crippen LogP contribution in [0.1, 0.15) is 32.8 Å². The zero-order valence-electron chi connectivity index (χ0n) is 11.1. The summed E-state index contributed by atoms with van der Waals surface area (Å²) in [5, 5.41) is 11.5. The Morgan fingerprint density at radius 3 is 2.72 bits per heavy atom. The number of amides is 1. The predicted molar refractivity (Wildman–Crippen MR) is 73.1 cm³/mol. The molecule has 2 N–H and O–H groups in total. The molecule has 0 atom stereocenters. The molecule has 0 aliphatic rings. The van der Waals surface area contributed by atoms with E-state index in [1.807, 2.05) is 39.0 Å². The van der Waals surface area contributed by atoms with E-state index in [4.69, 9.17) is 5.11 Å². The second kappa shape index (κ2) is 6.23. The first-order chi connectivity index (χ1) is 8.40. The summed E-state index contributed by atoms with van der Waals surface area (Å²) in [5.74, 6) is 5.38. The molecule has 1 amide bonds. The predicted octanol–water partition coefficient (Wildman–Crippen LogP) is 2.41. The van der Waals surface area contributed by atoms with E-state index in [0.29, 0.717) is 6.42 Å². The summed E-state index contributed by atoms with van der Waals surface area (Å²) in [6, 6.07) is 7.28. The summed E-state index contributed by atoms with van der Waals surface area (Å²) in [4.78, 5) is 11.8. The number of anilines is 1. The van der Waals surface area contributed by atoms with E-state index in [9.17, 15) is 4.79 Å². The molecule has 0 saturated carbocycles. The van der Waals surface area contributed by atoms with Gasteiger partial charge in [-0.3, -0.25) is 4.79 Å². The number of hydrogen-bond donors (Lipinski definition) is 2. The smallest absolute Gasteiger partial charge is 0.224 e. The summed E-state index contributed by atoms with van der Waals surface area (Å²) in [6.07, 6.45) is 0.472. The number of hydrogen-bond acceptors (Lipinski definition) is 2. The minimum atomic E-state index is -0.166. The van der Waals surface area contributed by atoms with E-state index in [0.717, 1.165) is 11.3 Å². The van der Waals surface area contributed by atoms with Gasteiger partial charge in [-0.1, -0.05) is 38.7 Å². The van der Waals surface area contributed by atoms with Crippen LogP contribution in [0.3, 0.4) is 0 Å². The van der Waals surface area contributed by atoms with Crippen LogP contribution in [0.15, 0.2) is 24.3 Å². The quantitative estimate of drug-likeness (QED) is 0.786. The molecule has 0 bridgehead atoms. The Morgan fingerprint density at radius 1 is 1.39 bits per heavy atom. The lowest BCUT2D eigenvalue weighted by molar-refractivity contribution is -0.117. The van der Waals surface area contributed by atoms with Gasteiger partial charge in [0.1, 0.15) is 6.61 Å². The molecule has 0 aliphatic heterocycles. The van der Waals surface area contributed by atoms with E-state index >= 15 is 0 Å². The molecule has 0 saturated heterocycles. The third-order valence-corrected chi connectivity index (χ3v) is 2.15. The van der Waals surface area contributed by atoms with Crippen molar-refractivity contribution in [2.45, 2.75) is 27.2 Å². The molecular weight excluding hydrogens is 226 g/mol. The zero-order valence-corrected chi connectivity index (χ0v) is 11.1. The molecule has 1 aromatic carbocycles. The van der Waals surface area contributed by atoms with Crippen LogP contribution in [-0.4, -0.2) is 17.6 Å². The topological polar surface area (TPSA) is 49.3 Å². The Morgan fingerprint density at radius 2 is 2.11 bits per heavy atom. The first-order valence-electron chi connectivity index (χ1n) is 5.90. The number of carbonyl (C=O) groups excluding carboxylic acids is 1. The first kappa shape index (κ1) is 14.3. The van der Waals surface area contributed by atoms with Gasteiger partial charge in [-0.05, 0) is 23.6 Å². The van der Waals surface area contributed by atoms with E-state index in [1.54, 1.807) is 6.07 Å².